The van der Waals surface area contributed by atoms with E-state index in [2.05, 4.69) is 0 Å². The third-order valence-corrected chi connectivity index (χ3v) is 2.19. The Bertz CT molecular complexity index is 402. The molecule has 17 heavy (non-hydrogen) atoms. The smallest absolute Gasteiger partial charge is 0.295 e. The van der Waals surface area contributed by atoms with Crippen LogP contribution in [0.1, 0.15) is 24.5 Å². The summed E-state index contributed by atoms with van der Waals surface area (Å²) in [7, 11) is 0. The highest BCUT2D eigenvalue weighted by atomic mass is 19.4. The summed E-state index contributed by atoms with van der Waals surface area (Å²) >= 11 is 0. The van der Waals surface area contributed by atoms with Crippen molar-refractivity contribution >= 4 is 11.9 Å². The molecule has 4 heteroatoms. The summed E-state index contributed by atoms with van der Waals surface area (Å²) in [6.45, 7) is 1.44. The number of hydrogen-bond donors (Lipinski definition) is 0. The molecule has 1 nitrogen and oxygen atoms in total. The zero-order valence-corrected chi connectivity index (χ0v) is 9.42. The molecule has 1 rings (SSSR count). The van der Waals surface area contributed by atoms with Gasteiger partial charge in [0, 0.05) is 6.42 Å². The van der Waals surface area contributed by atoms with Crippen LogP contribution < -0.4 is 0 Å². The number of aryl methyl sites for hydroxylation is 1. The normalized spacial score (nSPS) is 12.0. The van der Waals surface area contributed by atoms with Gasteiger partial charge in [-0.05, 0) is 30.5 Å². The minimum atomic E-state index is -4.12. The fourth-order valence-electron chi connectivity index (χ4n) is 1.30. The Labute approximate surface area is 98.0 Å². The zero-order chi connectivity index (χ0) is 12.9. The second-order valence-corrected chi connectivity index (χ2v) is 3.80. The molecule has 0 aliphatic heterocycles. The van der Waals surface area contributed by atoms with Crippen molar-refractivity contribution in [2.45, 2.75) is 25.9 Å². The van der Waals surface area contributed by atoms with Crippen LogP contribution in [0.4, 0.5) is 13.2 Å². The second-order valence-electron chi connectivity index (χ2n) is 3.80. The summed E-state index contributed by atoms with van der Waals surface area (Å²) in [5, 5.41) is 0. The number of benzene rings is 1. The maximum absolute atomic E-state index is 12.0. The fourth-order valence-corrected chi connectivity index (χ4v) is 1.30. The quantitative estimate of drug-likeness (QED) is 0.734. The molecule has 0 bridgehead atoms. The standard InChI is InChI=1S/C13H13F3O/c1-10(17)2-3-11-4-6-12(7-5-11)8-9-13(14,15)16/h2-7H,8-9H2,1H3/b3-2+. The first-order valence-corrected chi connectivity index (χ1v) is 5.21. The molecule has 0 radical (unpaired) electrons. The summed E-state index contributed by atoms with van der Waals surface area (Å²) in [6, 6.07) is 6.69. The first-order chi connectivity index (χ1) is 7.87. The van der Waals surface area contributed by atoms with Crippen molar-refractivity contribution in [3.05, 3.63) is 41.5 Å². The second kappa shape index (κ2) is 5.66. The van der Waals surface area contributed by atoms with Gasteiger partial charge in [0.1, 0.15) is 0 Å². The molecule has 0 unspecified atom stereocenters. The molecule has 0 aliphatic carbocycles. The third kappa shape index (κ3) is 5.90. The monoisotopic (exact) mass is 242 g/mol. The zero-order valence-electron chi connectivity index (χ0n) is 9.42. The van der Waals surface area contributed by atoms with Crippen molar-refractivity contribution in [2.24, 2.45) is 0 Å². The minimum Gasteiger partial charge on any atom is -0.295 e. The molecule has 0 saturated heterocycles. The van der Waals surface area contributed by atoms with E-state index in [9.17, 15) is 18.0 Å². The number of hydrogen-bond acceptors (Lipinski definition) is 1. The highest BCUT2D eigenvalue weighted by Gasteiger charge is 2.26. The Balaban J connectivity index is 2.59. The highest BCUT2D eigenvalue weighted by Crippen LogP contribution is 2.22. The minimum absolute atomic E-state index is 0.0137. The number of alkyl halides is 3. The number of carbonyl (C=O) groups excluding carboxylic acids is 1. The molecule has 0 atom stereocenters. The summed E-state index contributed by atoms with van der Waals surface area (Å²) < 4.78 is 35.9. The lowest BCUT2D eigenvalue weighted by Crippen LogP contribution is -2.08. The maximum atomic E-state index is 12.0. The predicted octanol–water partition coefficient (Wildman–Crippen LogP) is 3.78. The molecule has 1 aromatic rings. The van der Waals surface area contributed by atoms with Gasteiger partial charge in [0.15, 0.2) is 5.78 Å². The van der Waals surface area contributed by atoms with Gasteiger partial charge in [-0.3, -0.25) is 4.79 Å². The highest BCUT2D eigenvalue weighted by molar-refractivity contribution is 5.91. The Morgan fingerprint density at radius 2 is 1.82 bits per heavy atom. The number of allylic oxidation sites excluding steroid dienone is 1. The molecule has 0 aliphatic rings. The van der Waals surface area contributed by atoms with Crippen molar-refractivity contribution in [1.82, 2.24) is 0 Å². The molecule has 0 N–H and O–H groups in total. The summed E-state index contributed by atoms with van der Waals surface area (Å²) in [5.41, 5.74) is 1.44. The molecule has 0 fully saturated rings. The Kier molecular flexibility index (Phi) is 4.49. The largest absolute Gasteiger partial charge is 0.389 e. The molecular weight excluding hydrogens is 229 g/mol. The first kappa shape index (κ1) is 13.5. The van der Waals surface area contributed by atoms with E-state index >= 15 is 0 Å². The fraction of sp³-hybridized carbons (Fsp3) is 0.308. The topological polar surface area (TPSA) is 17.1 Å². The van der Waals surface area contributed by atoms with Crippen molar-refractivity contribution in [3.63, 3.8) is 0 Å². The van der Waals surface area contributed by atoms with E-state index in [1.807, 2.05) is 0 Å². The van der Waals surface area contributed by atoms with Gasteiger partial charge in [-0.25, -0.2) is 0 Å². The van der Waals surface area contributed by atoms with Gasteiger partial charge in [0.25, 0.3) is 0 Å². The first-order valence-electron chi connectivity index (χ1n) is 5.21. The molecule has 0 spiro atoms. The molecule has 92 valence electrons. The third-order valence-electron chi connectivity index (χ3n) is 2.19. The van der Waals surface area contributed by atoms with Crippen molar-refractivity contribution in [1.29, 1.82) is 0 Å². The van der Waals surface area contributed by atoms with E-state index in [0.717, 1.165) is 5.56 Å². The van der Waals surface area contributed by atoms with Gasteiger partial charge < -0.3 is 0 Å². The maximum Gasteiger partial charge on any atom is 0.389 e. The van der Waals surface area contributed by atoms with Crippen molar-refractivity contribution in [2.75, 3.05) is 0 Å². The average Bonchev–Trinajstić information content (AvgIpc) is 2.24. The number of rotatable bonds is 4. The van der Waals surface area contributed by atoms with Crippen LogP contribution in [0.25, 0.3) is 6.08 Å². The Morgan fingerprint density at radius 1 is 1.24 bits per heavy atom. The van der Waals surface area contributed by atoms with Crippen LogP contribution in [0.2, 0.25) is 0 Å². The summed E-state index contributed by atoms with van der Waals surface area (Å²) in [6.07, 6.45) is -1.89. The van der Waals surface area contributed by atoms with Gasteiger partial charge in [-0.2, -0.15) is 13.2 Å². The van der Waals surface area contributed by atoms with Crippen LogP contribution in [0, 0.1) is 0 Å². The van der Waals surface area contributed by atoms with Gasteiger partial charge in [0.05, 0.1) is 0 Å². The van der Waals surface area contributed by atoms with Crippen LogP contribution in [-0.2, 0) is 11.2 Å². The van der Waals surface area contributed by atoms with E-state index in [0.29, 0.717) is 5.56 Å². The van der Waals surface area contributed by atoms with E-state index in [1.54, 1.807) is 30.3 Å². The van der Waals surface area contributed by atoms with Gasteiger partial charge in [0.2, 0.25) is 0 Å². The average molecular weight is 242 g/mol. The Hall–Kier alpha value is -1.58. The molecule has 1 aromatic carbocycles. The lowest BCUT2D eigenvalue weighted by atomic mass is 10.1. The summed E-state index contributed by atoms with van der Waals surface area (Å²) in [4.78, 5) is 10.7. The Morgan fingerprint density at radius 3 is 2.29 bits per heavy atom. The van der Waals surface area contributed by atoms with E-state index in [4.69, 9.17) is 0 Å². The molecule has 0 amide bonds. The summed E-state index contributed by atoms with van der Waals surface area (Å²) in [5.74, 6) is -0.0638. The van der Waals surface area contributed by atoms with Crippen LogP contribution in [0.5, 0.6) is 0 Å². The van der Waals surface area contributed by atoms with E-state index < -0.39 is 12.6 Å². The van der Waals surface area contributed by atoms with Crippen LogP contribution in [0.3, 0.4) is 0 Å². The van der Waals surface area contributed by atoms with Crippen molar-refractivity contribution < 1.29 is 18.0 Å². The van der Waals surface area contributed by atoms with Crippen LogP contribution in [-0.4, -0.2) is 12.0 Å². The lowest BCUT2D eigenvalue weighted by Gasteiger charge is -2.06. The number of halogens is 3. The van der Waals surface area contributed by atoms with Crippen LogP contribution in [0.15, 0.2) is 30.3 Å². The SMILES string of the molecule is CC(=O)/C=C/c1ccc(CCC(F)(F)F)cc1. The number of ketones is 1. The predicted molar refractivity (Wildman–Crippen MR) is 60.5 cm³/mol. The van der Waals surface area contributed by atoms with Gasteiger partial charge in [-0.15, -0.1) is 0 Å². The molecular formula is C13H13F3O. The molecule has 0 aromatic heterocycles. The van der Waals surface area contributed by atoms with Crippen molar-refractivity contribution in [3.8, 4) is 0 Å². The lowest BCUT2D eigenvalue weighted by molar-refractivity contribution is -0.134. The van der Waals surface area contributed by atoms with Crippen LogP contribution >= 0.6 is 0 Å². The molecule has 0 saturated carbocycles. The number of carbonyl (C=O) groups is 1. The molecule has 0 heterocycles. The van der Waals surface area contributed by atoms with Gasteiger partial charge in [-0.1, -0.05) is 30.3 Å². The van der Waals surface area contributed by atoms with E-state index in [-0.39, 0.29) is 12.2 Å². The van der Waals surface area contributed by atoms with E-state index in [1.165, 1.54) is 13.0 Å². The van der Waals surface area contributed by atoms with Gasteiger partial charge >= 0.3 is 6.18 Å².